The summed E-state index contributed by atoms with van der Waals surface area (Å²) < 4.78 is 10.2. The van der Waals surface area contributed by atoms with Gasteiger partial charge in [-0.1, -0.05) is 0 Å². The van der Waals surface area contributed by atoms with Crippen molar-refractivity contribution in [2.75, 3.05) is 30.3 Å². The summed E-state index contributed by atoms with van der Waals surface area (Å²) in [6, 6.07) is 15.0. The van der Waals surface area contributed by atoms with Crippen molar-refractivity contribution in [2.45, 2.75) is 96.6 Å². The molecule has 0 bridgehead atoms. The second kappa shape index (κ2) is 18.2. The SMILES string of the molecule is CC(C)Nc1cc(-n2c(C3CC(Nc4cc(-n5ccc6cc(C#N)cnc65)ncc4C(=O)NCCC(C)(C)O)CCO3)cc3cc(C#N)cnc32)ncc1C(=O)NCCC(C)(C)O. The second-order valence-electron chi connectivity index (χ2n) is 17.4. The summed E-state index contributed by atoms with van der Waals surface area (Å²) in [6.45, 7) is 11.6. The van der Waals surface area contributed by atoms with E-state index < -0.39 is 17.3 Å². The lowest BCUT2D eigenvalue weighted by Crippen LogP contribution is -2.33. The third kappa shape index (κ3) is 10.4. The van der Waals surface area contributed by atoms with Crippen molar-refractivity contribution in [3.63, 3.8) is 0 Å². The van der Waals surface area contributed by atoms with Crippen molar-refractivity contribution >= 4 is 45.3 Å². The van der Waals surface area contributed by atoms with E-state index in [1.807, 2.05) is 36.7 Å². The Bertz CT molecular complexity index is 2750. The van der Waals surface area contributed by atoms with Gasteiger partial charge in [-0.05, 0) is 91.5 Å². The van der Waals surface area contributed by atoms with Crippen LogP contribution in [-0.2, 0) is 4.74 Å². The number of carbonyl (C=O) groups is 2. The van der Waals surface area contributed by atoms with Gasteiger partial charge in [0.05, 0.1) is 56.6 Å². The van der Waals surface area contributed by atoms with Gasteiger partial charge < -0.3 is 36.2 Å². The zero-order valence-electron chi connectivity index (χ0n) is 36.2. The number of nitriles is 2. The fraction of sp³-hybridized carbons (Fsp3) is 0.391. The summed E-state index contributed by atoms with van der Waals surface area (Å²) in [4.78, 5) is 45.8. The van der Waals surface area contributed by atoms with E-state index in [-0.39, 0.29) is 37.0 Å². The van der Waals surface area contributed by atoms with Gasteiger partial charge in [0.15, 0.2) is 0 Å². The Morgan fingerprint density at radius 2 is 1.40 bits per heavy atom. The maximum atomic E-state index is 13.7. The van der Waals surface area contributed by atoms with Crippen molar-refractivity contribution in [3.05, 3.63) is 95.3 Å². The number of ether oxygens (including phenoxy) is 1. The highest BCUT2D eigenvalue weighted by Crippen LogP contribution is 2.36. The lowest BCUT2D eigenvalue weighted by atomic mass is 9.99. The van der Waals surface area contributed by atoms with Gasteiger partial charge in [0.2, 0.25) is 0 Å². The smallest absolute Gasteiger partial charge is 0.254 e. The van der Waals surface area contributed by atoms with Crippen molar-refractivity contribution in [1.82, 2.24) is 39.7 Å². The molecule has 1 saturated heterocycles. The van der Waals surface area contributed by atoms with Crippen LogP contribution in [0.1, 0.15) is 111 Å². The number of carbonyl (C=O) groups excluding carboxylic acids is 2. The molecule has 17 nitrogen and oxygen atoms in total. The Kier molecular flexibility index (Phi) is 12.8. The highest BCUT2D eigenvalue weighted by molar-refractivity contribution is 6.00. The van der Waals surface area contributed by atoms with Gasteiger partial charge in [0, 0.05) is 85.7 Å². The maximum absolute atomic E-state index is 13.7. The standard InChI is InChI=1S/C46H52N12O5/c1-27(2)55-35-20-40(52-26-33(35)43(59)49-11-9-45(3,4)61)58-37(17-31-16-29(22-48)24-54-42(31)58)38-18-32(8-14-63-38)56-36-19-39(51-25-34(36)44(60)50-12-10-46(5,6)62)57-13-7-30-15-28(21-47)23-53-41(30)57/h7,13,15-17,19-20,23-27,32,38,61-62H,8-12,14,18H2,1-6H3,(H,49,59)(H,50,60)(H,51,56)(H,52,55). The average Bonchev–Trinajstić information content (AvgIpc) is 3.84. The van der Waals surface area contributed by atoms with Crippen LogP contribution >= 0.6 is 0 Å². The molecule has 0 spiro atoms. The van der Waals surface area contributed by atoms with Crippen LogP contribution in [0.2, 0.25) is 0 Å². The molecule has 6 N–H and O–H groups in total. The predicted octanol–water partition coefficient (Wildman–Crippen LogP) is 5.83. The molecule has 7 rings (SSSR count). The van der Waals surface area contributed by atoms with Gasteiger partial charge in [0.1, 0.15) is 35.1 Å². The summed E-state index contributed by atoms with van der Waals surface area (Å²) >= 11 is 0. The van der Waals surface area contributed by atoms with Gasteiger partial charge in [-0.3, -0.25) is 18.7 Å². The van der Waals surface area contributed by atoms with Crippen LogP contribution in [0, 0.1) is 22.7 Å². The van der Waals surface area contributed by atoms with Crippen LogP contribution in [0.5, 0.6) is 0 Å². The first kappa shape index (κ1) is 44.1. The molecule has 17 heteroatoms. The molecule has 326 valence electrons. The number of rotatable bonds is 15. The third-order valence-corrected chi connectivity index (χ3v) is 10.7. The number of hydrogen-bond donors (Lipinski definition) is 6. The fourth-order valence-corrected chi connectivity index (χ4v) is 7.49. The van der Waals surface area contributed by atoms with Crippen LogP contribution in [0.3, 0.4) is 0 Å². The van der Waals surface area contributed by atoms with Crippen molar-refractivity contribution in [3.8, 4) is 23.8 Å². The normalized spacial score (nSPS) is 15.5. The second-order valence-corrected chi connectivity index (χ2v) is 17.4. The first-order valence-electron chi connectivity index (χ1n) is 21.0. The van der Waals surface area contributed by atoms with Crippen LogP contribution in [0.25, 0.3) is 33.7 Å². The molecule has 1 fully saturated rings. The molecule has 1 aliphatic heterocycles. The van der Waals surface area contributed by atoms with Crippen LogP contribution in [-0.4, -0.2) is 94.1 Å². The van der Waals surface area contributed by atoms with E-state index in [1.54, 1.807) is 56.5 Å². The lowest BCUT2D eigenvalue weighted by Gasteiger charge is -2.32. The van der Waals surface area contributed by atoms with Crippen molar-refractivity contribution in [1.29, 1.82) is 10.5 Å². The number of aliphatic hydroxyl groups is 2. The third-order valence-electron chi connectivity index (χ3n) is 10.7. The van der Waals surface area contributed by atoms with E-state index >= 15 is 0 Å². The van der Waals surface area contributed by atoms with Gasteiger partial charge in [-0.25, -0.2) is 19.9 Å². The summed E-state index contributed by atoms with van der Waals surface area (Å²) in [5, 5.41) is 53.9. The first-order chi connectivity index (χ1) is 30.0. The van der Waals surface area contributed by atoms with Crippen molar-refractivity contribution < 1.29 is 24.5 Å². The minimum absolute atomic E-state index is 0.0278. The van der Waals surface area contributed by atoms with E-state index in [1.165, 1.54) is 24.8 Å². The average molecular weight is 853 g/mol. The lowest BCUT2D eigenvalue weighted by molar-refractivity contribution is 0.00641. The number of anilines is 2. The molecule has 6 aromatic rings. The minimum atomic E-state index is -0.966. The Labute approximate surface area is 365 Å². The number of amides is 2. The van der Waals surface area contributed by atoms with Crippen LogP contribution in [0.4, 0.5) is 11.4 Å². The molecule has 2 unspecified atom stereocenters. The van der Waals surface area contributed by atoms with Crippen molar-refractivity contribution in [2.24, 2.45) is 0 Å². The van der Waals surface area contributed by atoms with Gasteiger partial charge in [0.25, 0.3) is 11.8 Å². The summed E-state index contributed by atoms with van der Waals surface area (Å²) in [7, 11) is 0. The van der Waals surface area contributed by atoms with E-state index in [0.29, 0.717) is 94.2 Å². The molecule has 0 saturated carbocycles. The fourth-order valence-electron chi connectivity index (χ4n) is 7.49. The minimum Gasteiger partial charge on any atom is -0.390 e. The summed E-state index contributed by atoms with van der Waals surface area (Å²) in [6.07, 6.45) is 9.15. The molecule has 2 amide bonds. The summed E-state index contributed by atoms with van der Waals surface area (Å²) in [5.74, 6) is 0.293. The van der Waals surface area contributed by atoms with Crippen LogP contribution in [0.15, 0.2) is 67.4 Å². The molecular weight excluding hydrogens is 801 g/mol. The predicted molar refractivity (Wildman–Crippen MR) is 238 cm³/mol. The Morgan fingerprint density at radius 3 is 2.02 bits per heavy atom. The van der Waals surface area contributed by atoms with Gasteiger partial charge >= 0.3 is 0 Å². The Hall–Kier alpha value is -6.92. The van der Waals surface area contributed by atoms with Crippen LogP contribution < -0.4 is 21.3 Å². The molecular formula is C46H52N12O5. The largest absolute Gasteiger partial charge is 0.390 e. The number of pyridine rings is 4. The molecule has 63 heavy (non-hydrogen) atoms. The van der Waals surface area contributed by atoms with E-state index in [9.17, 15) is 30.3 Å². The van der Waals surface area contributed by atoms with E-state index in [2.05, 4.69) is 43.4 Å². The highest BCUT2D eigenvalue weighted by Gasteiger charge is 2.30. The number of nitrogens with zero attached hydrogens (tertiary/aromatic N) is 8. The summed E-state index contributed by atoms with van der Waals surface area (Å²) in [5.41, 5.74) is 2.54. The van der Waals surface area contributed by atoms with E-state index in [4.69, 9.17) is 14.7 Å². The number of aromatic nitrogens is 6. The van der Waals surface area contributed by atoms with Gasteiger partial charge in [-0.2, -0.15) is 10.5 Å². The molecule has 2 atom stereocenters. The molecule has 0 aromatic carbocycles. The van der Waals surface area contributed by atoms with E-state index in [0.717, 1.165) is 11.1 Å². The number of hydrogen-bond acceptors (Lipinski definition) is 13. The zero-order chi connectivity index (χ0) is 45.1. The molecule has 6 aromatic heterocycles. The Morgan fingerprint density at radius 1 is 0.810 bits per heavy atom. The molecule has 1 aliphatic rings. The molecule has 0 radical (unpaired) electrons. The maximum Gasteiger partial charge on any atom is 0.254 e. The highest BCUT2D eigenvalue weighted by atomic mass is 16.5. The zero-order valence-corrected chi connectivity index (χ0v) is 36.2. The first-order valence-corrected chi connectivity index (χ1v) is 21.0. The number of fused-ring (bicyclic) bond motifs is 2. The molecule has 7 heterocycles. The quantitative estimate of drug-likeness (QED) is 0.0714. The molecule has 0 aliphatic carbocycles. The van der Waals surface area contributed by atoms with Gasteiger partial charge in [-0.15, -0.1) is 0 Å². The topological polar surface area (TPSA) is 241 Å². The Balaban J connectivity index is 1.23. The number of nitrogens with one attached hydrogen (secondary N) is 4. The monoisotopic (exact) mass is 852 g/mol.